The van der Waals surface area contributed by atoms with Crippen molar-refractivity contribution in [1.29, 1.82) is 0 Å². The predicted octanol–water partition coefficient (Wildman–Crippen LogP) is 4.10. The first-order chi connectivity index (χ1) is 7.71. The van der Waals surface area contributed by atoms with Gasteiger partial charge in [-0.1, -0.05) is 10.2 Å². The van der Waals surface area contributed by atoms with E-state index in [1.807, 2.05) is 0 Å². The molecule has 0 aromatic carbocycles. The standard InChI is InChI=1S/C7H10F6N4/c8-6(9,10)16-14-4-2-1-3-5-15-17-7(11,12)13/h1-5H2. The minimum absolute atomic E-state index is 0.115. The minimum atomic E-state index is -4.67. The molecule has 0 heterocycles. The first-order valence-electron chi connectivity index (χ1n) is 4.61. The van der Waals surface area contributed by atoms with Crippen LogP contribution in [0, 0.1) is 0 Å². The second-order valence-electron chi connectivity index (χ2n) is 2.93. The molecule has 0 saturated heterocycles. The van der Waals surface area contributed by atoms with Crippen LogP contribution >= 0.6 is 0 Å². The van der Waals surface area contributed by atoms with Gasteiger partial charge in [0, 0.05) is 0 Å². The monoisotopic (exact) mass is 264 g/mol. The molecule has 0 radical (unpaired) electrons. The maximum atomic E-state index is 11.4. The molecule has 0 saturated carbocycles. The first-order valence-corrected chi connectivity index (χ1v) is 4.61. The fraction of sp³-hybridized carbons (Fsp3) is 1.00. The van der Waals surface area contributed by atoms with E-state index < -0.39 is 12.6 Å². The molecule has 0 spiro atoms. The number of hydrogen-bond acceptors (Lipinski definition) is 4. The van der Waals surface area contributed by atoms with E-state index in [1.165, 1.54) is 0 Å². The Kier molecular flexibility index (Phi) is 6.66. The molecule has 0 aliphatic carbocycles. The SMILES string of the molecule is FC(F)(F)N=NCCCCCN=NC(F)(F)F. The van der Waals surface area contributed by atoms with Crippen LogP contribution in [0.3, 0.4) is 0 Å². The number of unbranched alkanes of at least 4 members (excludes halogenated alkanes) is 2. The summed E-state index contributed by atoms with van der Waals surface area (Å²) < 4.78 is 68.7. The van der Waals surface area contributed by atoms with E-state index in [0.717, 1.165) is 0 Å². The van der Waals surface area contributed by atoms with E-state index in [-0.39, 0.29) is 13.1 Å². The van der Waals surface area contributed by atoms with E-state index >= 15 is 0 Å². The van der Waals surface area contributed by atoms with Gasteiger partial charge in [-0.3, -0.25) is 0 Å². The Hall–Kier alpha value is -1.22. The fourth-order valence-electron chi connectivity index (χ4n) is 0.802. The van der Waals surface area contributed by atoms with E-state index in [1.54, 1.807) is 0 Å². The maximum absolute atomic E-state index is 11.4. The van der Waals surface area contributed by atoms with Gasteiger partial charge in [0.25, 0.3) is 0 Å². The molecule has 100 valence electrons. The lowest BCUT2D eigenvalue weighted by Crippen LogP contribution is -2.01. The van der Waals surface area contributed by atoms with Crippen LogP contribution in [0.15, 0.2) is 20.5 Å². The molecule has 0 amide bonds. The third-order valence-electron chi connectivity index (χ3n) is 1.38. The Morgan fingerprint density at radius 3 is 1.24 bits per heavy atom. The largest absolute Gasteiger partial charge is 0.520 e. The molecule has 0 atom stereocenters. The molecule has 4 nitrogen and oxygen atoms in total. The first kappa shape index (κ1) is 15.8. The van der Waals surface area contributed by atoms with Gasteiger partial charge in [0.1, 0.15) is 0 Å². The predicted molar refractivity (Wildman–Crippen MR) is 45.4 cm³/mol. The van der Waals surface area contributed by atoms with Gasteiger partial charge in [-0.05, 0) is 19.3 Å². The summed E-state index contributed by atoms with van der Waals surface area (Å²) in [5, 5.41) is 9.85. The van der Waals surface area contributed by atoms with E-state index in [9.17, 15) is 26.3 Å². The summed E-state index contributed by atoms with van der Waals surface area (Å²) in [5.74, 6) is 0. The summed E-state index contributed by atoms with van der Waals surface area (Å²) in [5.41, 5.74) is 0. The molecule has 10 heteroatoms. The van der Waals surface area contributed by atoms with Crippen LogP contribution in [0.25, 0.3) is 0 Å². The van der Waals surface area contributed by atoms with Gasteiger partial charge in [0.05, 0.1) is 13.1 Å². The highest BCUT2D eigenvalue weighted by Crippen LogP contribution is 2.17. The lowest BCUT2D eigenvalue weighted by molar-refractivity contribution is -0.127. The average Bonchev–Trinajstić information content (AvgIpc) is 2.11. The van der Waals surface area contributed by atoms with Crippen LogP contribution < -0.4 is 0 Å². The van der Waals surface area contributed by atoms with Crippen LogP contribution in [-0.4, -0.2) is 25.7 Å². The van der Waals surface area contributed by atoms with Crippen molar-refractivity contribution in [1.82, 2.24) is 0 Å². The second kappa shape index (κ2) is 7.17. The quantitative estimate of drug-likeness (QED) is 0.300. The van der Waals surface area contributed by atoms with Crippen molar-refractivity contribution in [3.8, 4) is 0 Å². The van der Waals surface area contributed by atoms with Crippen LogP contribution in [0.1, 0.15) is 19.3 Å². The number of azo groups is 2. The third kappa shape index (κ3) is 14.8. The molecule has 0 aliphatic heterocycles. The molecule has 0 N–H and O–H groups in total. The molecular formula is C7H10F6N4. The molecule has 0 rings (SSSR count). The number of rotatable bonds is 6. The van der Waals surface area contributed by atoms with Crippen molar-refractivity contribution in [3.05, 3.63) is 0 Å². The fourth-order valence-corrected chi connectivity index (χ4v) is 0.802. The molecule has 0 aromatic rings. The van der Waals surface area contributed by atoms with Crippen molar-refractivity contribution in [2.24, 2.45) is 20.5 Å². The molecule has 17 heavy (non-hydrogen) atoms. The summed E-state index contributed by atoms with van der Waals surface area (Å²) >= 11 is 0. The average molecular weight is 264 g/mol. The Morgan fingerprint density at radius 1 is 0.588 bits per heavy atom. The summed E-state index contributed by atoms with van der Waals surface area (Å²) in [4.78, 5) is 0. The van der Waals surface area contributed by atoms with Crippen molar-refractivity contribution >= 4 is 0 Å². The summed E-state index contributed by atoms with van der Waals surface area (Å²) in [6.45, 7) is -0.230. The van der Waals surface area contributed by atoms with Crippen molar-refractivity contribution in [2.75, 3.05) is 13.1 Å². The van der Waals surface area contributed by atoms with Gasteiger partial charge in [-0.25, -0.2) is 0 Å². The molecular weight excluding hydrogens is 254 g/mol. The van der Waals surface area contributed by atoms with Gasteiger partial charge in [-0.2, -0.15) is 10.2 Å². The zero-order valence-corrected chi connectivity index (χ0v) is 8.59. The molecule has 0 fully saturated rings. The van der Waals surface area contributed by atoms with Crippen LogP contribution in [0.4, 0.5) is 26.3 Å². The van der Waals surface area contributed by atoms with Gasteiger partial charge in [0.15, 0.2) is 0 Å². The lowest BCUT2D eigenvalue weighted by Gasteiger charge is -1.97. The number of alkyl halides is 6. The van der Waals surface area contributed by atoms with E-state index in [2.05, 4.69) is 20.5 Å². The normalized spacial score (nSPS) is 14.0. The third-order valence-corrected chi connectivity index (χ3v) is 1.38. The summed E-state index contributed by atoms with van der Waals surface area (Å²) in [6, 6.07) is 0. The Balaban J connectivity index is 3.43. The van der Waals surface area contributed by atoms with Crippen molar-refractivity contribution in [3.63, 3.8) is 0 Å². The van der Waals surface area contributed by atoms with Crippen LogP contribution in [-0.2, 0) is 0 Å². The van der Waals surface area contributed by atoms with Crippen molar-refractivity contribution in [2.45, 2.75) is 31.9 Å². The summed E-state index contributed by atoms with van der Waals surface area (Å²) in [6.07, 6.45) is -8.31. The molecule has 0 bridgehead atoms. The maximum Gasteiger partial charge on any atom is 0.520 e. The lowest BCUT2D eigenvalue weighted by atomic mass is 10.2. The molecule has 0 aromatic heterocycles. The van der Waals surface area contributed by atoms with Crippen molar-refractivity contribution < 1.29 is 26.3 Å². The van der Waals surface area contributed by atoms with Gasteiger partial charge in [0.2, 0.25) is 0 Å². The highest BCUT2D eigenvalue weighted by atomic mass is 19.4. The van der Waals surface area contributed by atoms with Gasteiger partial charge < -0.3 is 0 Å². The second-order valence-corrected chi connectivity index (χ2v) is 2.93. The smallest absolute Gasteiger partial charge is 0.186 e. The zero-order valence-electron chi connectivity index (χ0n) is 8.59. The van der Waals surface area contributed by atoms with Crippen LogP contribution in [0.5, 0.6) is 0 Å². The highest BCUT2D eigenvalue weighted by Gasteiger charge is 2.26. The highest BCUT2D eigenvalue weighted by molar-refractivity contribution is 4.48. The number of hydrogen-bond donors (Lipinski definition) is 0. The summed E-state index contributed by atoms with van der Waals surface area (Å²) in [7, 11) is 0. The van der Waals surface area contributed by atoms with E-state index in [4.69, 9.17) is 0 Å². The van der Waals surface area contributed by atoms with Gasteiger partial charge in [-0.15, -0.1) is 26.3 Å². The van der Waals surface area contributed by atoms with Crippen LogP contribution in [0.2, 0.25) is 0 Å². The topological polar surface area (TPSA) is 49.4 Å². The van der Waals surface area contributed by atoms with E-state index in [0.29, 0.717) is 19.3 Å². The Morgan fingerprint density at radius 2 is 0.941 bits per heavy atom. The Bertz CT molecular complexity index is 230. The zero-order chi connectivity index (χ0) is 13.4. The number of nitrogens with zero attached hydrogens (tertiary/aromatic N) is 4. The molecule has 0 aliphatic rings. The van der Waals surface area contributed by atoms with Gasteiger partial charge >= 0.3 is 12.6 Å². The minimum Gasteiger partial charge on any atom is -0.186 e. The Labute approximate surface area is 92.8 Å². The number of halogens is 6. The molecule has 0 unspecified atom stereocenters.